The highest BCUT2D eigenvalue weighted by Gasteiger charge is 2.02. The van der Waals surface area contributed by atoms with Crippen molar-refractivity contribution < 1.29 is 9.84 Å². The quantitative estimate of drug-likeness (QED) is 0.783. The topological polar surface area (TPSA) is 29.5 Å². The smallest absolute Gasteiger partial charge is 0.137 e. The van der Waals surface area contributed by atoms with Gasteiger partial charge in [-0.15, -0.1) is 11.3 Å². The highest BCUT2D eigenvalue weighted by molar-refractivity contribution is 7.17. The van der Waals surface area contributed by atoms with Crippen LogP contribution in [0.3, 0.4) is 0 Å². The minimum absolute atomic E-state index is 0.183. The molecule has 2 rings (SSSR count). The van der Waals surface area contributed by atoms with Gasteiger partial charge in [0.1, 0.15) is 5.75 Å². The Morgan fingerprint density at radius 2 is 2.14 bits per heavy atom. The lowest BCUT2D eigenvalue weighted by Gasteiger charge is -2.02. The molecule has 1 aromatic carbocycles. The first kappa shape index (κ1) is 9.49. The Morgan fingerprint density at radius 3 is 3.00 bits per heavy atom. The van der Waals surface area contributed by atoms with Crippen LogP contribution >= 0.6 is 11.3 Å². The van der Waals surface area contributed by atoms with Crippen molar-refractivity contribution in [2.45, 2.75) is 6.42 Å². The molecule has 0 aliphatic heterocycles. The van der Waals surface area contributed by atoms with Crippen LogP contribution < -0.4 is 4.74 Å². The summed E-state index contributed by atoms with van der Waals surface area (Å²) in [7, 11) is 0. The Balaban J connectivity index is 2.17. The van der Waals surface area contributed by atoms with E-state index in [9.17, 15) is 0 Å². The van der Waals surface area contributed by atoms with E-state index in [1.165, 1.54) is 4.70 Å². The fraction of sp³-hybridized carbons (Fsp3) is 0.273. The van der Waals surface area contributed by atoms with Gasteiger partial charge in [-0.3, -0.25) is 0 Å². The van der Waals surface area contributed by atoms with Gasteiger partial charge in [-0.2, -0.15) is 0 Å². The minimum Gasteiger partial charge on any atom is -0.492 e. The number of ether oxygens (including phenoxy) is 1. The second-order valence-electron chi connectivity index (χ2n) is 3.02. The molecule has 0 atom stereocenters. The van der Waals surface area contributed by atoms with Gasteiger partial charge < -0.3 is 9.84 Å². The number of hydrogen-bond donors (Lipinski definition) is 1. The number of aliphatic hydroxyl groups excluding tert-OH is 1. The summed E-state index contributed by atoms with van der Waals surface area (Å²) in [6.45, 7) is 0.763. The maximum atomic E-state index is 8.63. The van der Waals surface area contributed by atoms with Crippen LogP contribution in [-0.2, 0) is 0 Å². The largest absolute Gasteiger partial charge is 0.492 e. The molecule has 0 aliphatic carbocycles. The lowest BCUT2D eigenvalue weighted by Crippen LogP contribution is -1.98. The Morgan fingerprint density at radius 1 is 1.29 bits per heavy atom. The van der Waals surface area contributed by atoms with Crippen LogP contribution in [-0.4, -0.2) is 18.3 Å². The molecule has 1 N–H and O–H groups in total. The molecule has 0 radical (unpaired) electrons. The molecule has 0 aliphatic rings. The maximum Gasteiger partial charge on any atom is 0.137 e. The standard InChI is InChI=1S/C11H12O2S/c12-6-3-7-13-10-8-14-11-5-2-1-4-9(10)11/h1-2,4-5,8,12H,3,6-7H2. The van der Waals surface area contributed by atoms with Gasteiger partial charge in [0.25, 0.3) is 0 Å². The summed E-state index contributed by atoms with van der Waals surface area (Å²) in [6, 6.07) is 8.17. The molecule has 1 aromatic heterocycles. The molecule has 0 fully saturated rings. The summed E-state index contributed by atoms with van der Waals surface area (Å²) < 4.78 is 6.79. The Bertz CT molecular complexity index is 408. The molecule has 0 saturated heterocycles. The zero-order valence-corrected chi connectivity index (χ0v) is 8.59. The van der Waals surface area contributed by atoms with E-state index in [1.54, 1.807) is 11.3 Å². The van der Waals surface area contributed by atoms with Gasteiger partial charge in [0.15, 0.2) is 0 Å². The fourth-order valence-corrected chi connectivity index (χ4v) is 2.19. The highest BCUT2D eigenvalue weighted by Crippen LogP contribution is 2.31. The maximum absolute atomic E-state index is 8.63. The zero-order chi connectivity index (χ0) is 9.80. The minimum atomic E-state index is 0.183. The summed E-state index contributed by atoms with van der Waals surface area (Å²) >= 11 is 1.68. The third-order valence-corrected chi connectivity index (χ3v) is 2.95. The van der Waals surface area contributed by atoms with Crippen LogP contribution in [0.1, 0.15) is 6.42 Å². The highest BCUT2D eigenvalue weighted by atomic mass is 32.1. The summed E-state index contributed by atoms with van der Waals surface area (Å²) in [6.07, 6.45) is 0.685. The number of fused-ring (bicyclic) bond motifs is 1. The van der Waals surface area contributed by atoms with Crippen LogP contribution in [0.5, 0.6) is 5.75 Å². The van der Waals surface area contributed by atoms with Gasteiger partial charge in [0, 0.05) is 28.5 Å². The molecular formula is C11H12O2S. The third kappa shape index (κ3) is 1.89. The van der Waals surface area contributed by atoms with E-state index in [2.05, 4.69) is 12.1 Å². The zero-order valence-electron chi connectivity index (χ0n) is 7.77. The predicted molar refractivity (Wildman–Crippen MR) is 59.0 cm³/mol. The lowest BCUT2D eigenvalue weighted by molar-refractivity contribution is 0.235. The van der Waals surface area contributed by atoms with E-state index in [4.69, 9.17) is 9.84 Å². The molecule has 2 aromatic rings. The van der Waals surface area contributed by atoms with Gasteiger partial charge in [-0.25, -0.2) is 0 Å². The average molecular weight is 208 g/mol. The molecule has 0 amide bonds. The van der Waals surface area contributed by atoms with E-state index in [-0.39, 0.29) is 6.61 Å². The van der Waals surface area contributed by atoms with Crippen LogP contribution in [0.2, 0.25) is 0 Å². The van der Waals surface area contributed by atoms with Crippen LogP contribution in [0.25, 0.3) is 10.1 Å². The number of rotatable bonds is 4. The van der Waals surface area contributed by atoms with Gasteiger partial charge in [0.2, 0.25) is 0 Å². The van der Waals surface area contributed by atoms with Crippen molar-refractivity contribution in [3.05, 3.63) is 29.6 Å². The third-order valence-electron chi connectivity index (χ3n) is 2.01. The van der Waals surface area contributed by atoms with E-state index >= 15 is 0 Å². The van der Waals surface area contributed by atoms with Crippen molar-refractivity contribution in [1.82, 2.24) is 0 Å². The summed E-state index contributed by atoms with van der Waals surface area (Å²) in [5.74, 6) is 0.930. The average Bonchev–Trinajstić information content (AvgIpc) is 2.63. The molecule has 0 saturated carbocycles. The van der Waals surface area contributed by atoms with Crippen LogP contribution in [0.15, 0.2) is 29.6 Å². The van der Waals surface area contributed by atoms with Crippen molar-refractivity contribution in [3.8, 4) is 5.75 Å². The van der Waals surface area contributed by atoms with Crippen molar-refractivity contribution in [2.75, 3.05) is 13.2 Å². The second-order valence-corrected chi connectivity index (χ2v) is 3.93. The molecule has 3 heteroatoms. The molecule has 74 valence electrons. The summed E-state index contributed by atoms with van der Waals surface area (Å²) in [4.78, 5) is 0. The van der Waals surface area contributed by atoms with E-state index < -0.39 is 0 Å². The summed E-state index contributed by atoms with van der Waals surface area (Å²) in [5, 5.41) is 11.8. The number of hydrogen-bond acceptors (Lipinski definition) is 3. The number of aliphatic hydroxyl groups is 1. The molecule has 0 bridgehead atoms. The predicted octanol–water partition coefficient (Wildman–Crippen LogP) is 2.66. The van der Waals surface area contributed by atoms with Crippen molar-refractivity contribution in [3.63, 3.8) is 0 Å². The lowest BCUT2D eigenvalue weighted by atomic mass is 10.2. The van der Waals surface area contributed by atoms with E-state index in [0.29, 0.717) is 13.0 Å². The number of thiophene rings is 1. The Kier molecular flexibility index (Phi) is 3.01. The molecule has 14 heavy (non-hydrogen) atoms. The Hall–Kier alpha value is -1.06. The SMILES string of the molecule is OCCCOc1csc2ccccc12. The first-order valence-electron chi connectivity index (χ1n) is 4.61. The Labute approximate surface area is 86.8 Å². The second kappa shape index (κ2) is 4.44. The van der Waals surface area contributed by atoms with Crippen molar-refractivity contribution >= 4 is 21.4 Å². The van der Waals surface area contributed by atoms with Crippen molar-refractivity contribution in [1.29, 1.82) is 0 Å². The number of benzene rings is 1. The van der Waals surface area contributed by atoms with Crippen LogP contribution in [0, 0.1) is 0 Å². The van der Waals surface area contributed by atoms with Gasteiger partial charge >= 0.3 is 0 Å². The first-order chi connectivity index (χ1) is 6.92. The van der Waals surface area contributed by atoms with Gasteiger partial charge in [0.05, 0.1) is 6.61 Å². The van der Waals surface area contributed by atoms with E-state index in [0.717, 1.165) is 11.1 Å². The molecular weight excluding hydrogens is 196 g/mol. The van der Waals surface area contributed by atoms with Gasteiger partial charge in [-0.1, -0.05) is 12.1 Å². The normalized spacial score (nSPS) is 10.6. The molecule has 1 heterocycles. The molecule has 0 unspecified atom stereocenters. The first-order valence-corrected chi connectivity index (χ1v) is 5.49. The molecule has 0 spiro atoms. The fourth-order valence-electron chi connectivity index (χ4n) is 1.31. The van der Waals surface area contributed by atoms with Gasteiger partial charge in [-0.05, 0) is 12.1 Å². The monoisotopic (exact) mass is 208 g/mol. The van der Waals surface area contributed by atoms with Crippen LogP contribution in [0.4, 0.5) is 0 Å². The molecule has 2 nitrogen and oxygen atoms in total. The van der Waals surface area contributed by atoms with Crippen molar-refractivity contribution in [2.24, 2.45) is 0 Å². The summed E-state index contributed by atoms with van der Waals surface area (Å²) in [5.41, 5.74) is 0. The van der Waals surface area contributed by atoms with E-state index in [1.807, 2.05) is 17.5 Å².